The fourth-order valence-electron chi connectivity index (χ4n) is 2.53. The van der Waals surface area contributed by atoms with Gasteiger partial charge in [0.25, 0.3) is 0 Å². The quantitative estimate of drug-likeness (QED) is 0.768. The SMILES string of the molecule is Cc1cc2c(N[C@@H](c3cccnc3)C(C)C)ncnc2[nH]1. The van der Waals surface area contributed by atoms with Crippen molar-refractivity contribution in [1.82, 2.24) is 19.9 Å². The van der Waals surface area contributed by atoms with E-state index in [2.05, 4.69) is 51.2 Å². The Labute approximate surface area is 123 Å². The lowest BCUT2D eigenvalue weighted by Crippen LogP contribution is -2.17. The molecule has 0 aliphatic heterocycles. The second-order valence-corrected chi connectivity index (χ2v) is 5.59. The van der Waals surface area contributed by atoms with E-state index in [9.17, 15) is 0 Å². The van der Waals surface area contributed by atoms with Crippen LogP contribution in [0.3, 0.4) is 0 Å². The zero-order valence-corrected chi connectivity index (χ0v) is 12.5. The molecule has 0 aliphatic rings. The molecule has 3 aromatic rings. The van der Waals surface area contributed by atoms with Crippen LogP contribution in [0, 0.1) is 12.8 Å². The lowest BCUT2D eigenvalue weighted by atomic mass is 9.97. The summed E-state index contributed by atoms with van der Waals surface area (Å²) in [4.78, 5) is 16.1. The average Bonchev–Trinajstić information content (AvgIpc) is 2.86. The predicted molar refractivity (Wildman–Crippen MR) is 84.1 cm³/mol. The molecule has 3 rings (SSSR count). The second kappa shape index (κ2) is 5.52. The van der Waals surface area contributed by atoms with Crippen LogP contribution in [0.15, 0.2) is 36.9 Å². The highest BCUT2D eigenvalue weighted by atomic mass is 15.1. The van der Waals surface area contributed by atoms with E-state index in [1.807, 2.05) is 19.2 Å². The maximum absolute atomic E-state index is 4.41. The highest BCUT2D eigenvalue weighted by molar-refractivity contribution is 5.87. The lowest BCUT2D eigenvalue weighted by Gasteiger charge is -2.23. The van der Waals surface area contributed by atoms with Crippen molar-refractivity contribution in [3.8, 4) is 0 Å². The number of rotatable bonds is 4. The Balaban J connectivity index is 1.99. The van der Waals surface area contributed by atoms with Crippen molar-refractivity contribution in [2.75, 3.05) is 5.32 Å². The van der Waals surface area contributed by atoms with E-state index in [-0.39, 0.29) is 6.04 Å². The molecule has 0 fully saturated rings. The number of H-pyrrole nitrogens is 1. The van der Waals surface area contributed by atoms with E-state index >= 15 is 0 Å². The molecular formula is C16H19N5. The van der Waals surface area contributed by atoms with Crippen molar-refractivity contribution in [3.05, 3.63) is 48.2 Å². The van der Waals surface area contributed by atoms with Crippen LogP contribution in [0.2, 0.25) is 0 Å². The number of anilines is 1. The van der Waals surface area contributed by atoms with E-state index in [4.69, 9.17) is 0 Å². The first kappa shape index (κ1) is 13.5. The molecule has 0 radical (unpaired) electrons. The zero-order chi connectivity index (χ0) is 14.8. The molecule has 0 spiro atoms. The molecule has 1 atom stereocenters. The minimum atomic E-state index is 0.159. The Morgan fingerprint density at radius 1 is 1.24 bits per heavy atom. The van der Waals surface area contributed by atoms with Crippen LogP contribution >= 0.6 is 0 Å². The topological polar surface area (TPSA) is 66.5 Å². The van der Waals surface area contributed by atoms with E-state index in [1.165, 1.54) is 0 Å². The molecule has 0 aliphatic carbocycles. The van der Waals surface area contributed by atoms with Gasteiger partial charge in [-0.2, -0.15) is 0 Å². The number of nitrogens with one attached hydrogen (secondary N) is 2. The van der Waals surface area contributed by atoms with Crippen molar-refractivity contribution in [2.24, 2.45) is 5.92 Å². The summed E-state index contributed by atoms with van der Waals surface area (Å²) in [7, 11) is 0. The Hall–Kier alpha value is -2.43. The molecule has 0 aromatic carbocycles. The number of hydrogen-bond donors (Lipinski definition) is 2. The first-order valence-corrected chi connectivity index (χ1v) is 7.12. The minimum absolute atomic E-state index is 0.159. The van der Waals surface area contributed by atoms with Crippen molar-refractivity contribution in [3.63, 3.8) is 0 Å². The molecule has 0 saturated carbocycles. The standard InChI is InChI=1S/C16H19N5/c1-10(2)14(12-5-4-6-17-8-12)21-16-13-7-11(3)20-15(13)18-9-19-16/h4-10,14H,1-3H3,(H2,18,19,20,21)/t14-/m1/s1. The van der Waals surface area contributed by atoms with Crippen LogP contribution < -0.4 is 5.32 Å². The molecular weight excluding hydrogens is 262 g/mol. The molecule has 2 N–H and O–H groups in total. The summed E-state index contributed by atoms with van der Waals surface area (Å²) in [6, 6.07) is 6.28. The third-order valence-electron chi connectivity index (χ3n) is 3.56. The van der Waals surface area contributed by atoms with E-state index in [0.717, 1.165) is 28.1 Å². The summed E-state index contributed by atoms with van der Waals surface area (Å²) in [6.45, 7) is 6.39. The Bertz CT molecular complexity index is 733. The van der Waals surface area contributed by atoms with Crippen LogP contribution in [-0.2, 0) is 0 Å². The summed E-state index contributed by atoms with van der Waals surface area (Å²) in [6.07, 6.45) is 5.28. The van der Waals surface area contributed by atoms with Gasteiger partial charge in [-0.15, -0.1) is 0 Å². The van der Waals surface area contributed by atoms with Crippen LogP contribution in [-0.4, -0.2) is 19.9 Å². The van der Waals surface area contributed by atoms with Gasteiger partial charge in [0, 0.05) is 18.1 Å². The van der Waals surface area contributed by atoms with E-state index in [0.29, 0.717) is 5.92 Å². The molecule has 0 saturated heterocycles. The Morgan fingerprint density at radius 3 is 2.81 bits per heavy atom. The number of hydrogen-bond acceptors (Lipinski definition) is 4. The summed E-state index contributed by atoms with van der Waals surface area (Å²) >= 11 is 0. The van der Waals surface area contributed by atoms with Gasteiger partial charge in [-0.25, -0.2) is 9.97 Å². The van der Waals surface area contributed by atoms with Gasteiger partial charge >= 0.3 is 0 Å². The number of pyridine rings is 1. The lowest BCUT2D eigenvalue weighted by molar-refractivity contribution is 0.544. The largest absolute Gasteiger partial charge is 0.362 e. The van der Waals surface area contributed by atoms with Crippen LogP contribution in [0.4, 0.5) is 5.82 Å². The number of fused-ring (bicyclic) bond motifs is 1. The zero-order valence-electron chi connectivity index (χ0n) is 12.5. The van der Waals surface area contributed by atoms with E-state index < -0.39 is 0 Å². The molecule has 3 heterocycles. The van der Waals surface area contributed by atoms with Gasteiger partial charge in [0.1, 0.15) is 17.8 Å². The van der Waals surface area contributed by atoms with Crippen molar-refractivity contribution in [2.45, 2.75) is 26.8 Å². The molecule has 5 nitrogen and oxygen atoms in total. The molecule has 0 amide bonds. The Kier molecular flexibility index (Phi) is 3.56. The summed E-state index contributed by atoms with van der Waals surface area (Å²) in [5.41, 5.74) is 3.10. The first-order chi connectivity index (χ1) is 10.1. The van der Waals surface area contributed by atoms with Crippen LogP contribution in [0.1, 0.15) is 31.1 Å². The summed E-state index contributed by atoms with van der Waals surface area (Å²) in [5.74, 6) is 1.27. The van der Waals surface area contributed by atoms with Gasteiger partial charge in [0.15, 0.2) is 0 Å². The smallest absolute Gasteiger partial charge is 0.143 e. The van der Waals surface area contributed by atoms with E-state index in [1.54, 1.807) is 12.5 Å². The fourth-order valence-corrected chi connectivity index (χ4v) is 2.53. The van der Waals surface area contributed by atoms with Crippen molar-refractivity contribution < 1.29 is 0 Å². The van der Waals surface area contributed by atoms with Gasteiger partial charge < -0.3 is 10.3 Å². The summed E-state index contributed by atoms with van der Waals surface area (Å²) < 4.78 is 0. The maximum atomic E-state index is 4.41. The Morgan fingerprint density at radius 2 is 2.10 bits per heavy atom. The number of nitrogens with zero attached hydrogens (tertiary/aromatic N) is 3. The van der Waals surface area contributed by atoms with Gasteiger partial charge in [-0.05, 0) is 30.5 Å². The van der Waals surface area contributed by atoms with Crippen LogP contribution in [0.5, 0.6) is 0 Å². The molecule has 0 unspecified atom stereocenters. The van der Waals surface area contributed by atoms with Gasteiger partial charge in [-0.3, -0.25) is 4.98 Å². The third kappa shape index (κ3) is 2.72. The van der Waals surface area contributed by atoms with Gasteiger partial charge in [0.2, 0.25) is 0 Å². The number of aromatic nitrogens is 4. The van der Waals surface area contributed by atoms with Crippen LogP contribution in [0.25, 0.3) is 11.0 Å². The summed E-state index contributed by atoms with van der Waals surface area (Å²) in [5, 5.41) is 4.56. The molecule has 5 heteroatoms. The highest BCUT2D eigenvalue weighted by Gasteiger charge is 2.18. The minimum Gasteiger partial charge on any atom is -0.362 e. The normalized spacial score (nSPS) is 12.8. The molecule has 108 valence electrons. The van der Waals surface area contributed by atoms with Gasteiger partial charge in [0.05, 0.1) is 11.4 Å². The highest BCUT2D eigenvalue weighted by Crippen LogP contribution is 2.28. The average molecular weight is 281 g/mol. The second-order valence-electron chi connectivity index (χ2n) is 5.59. The molecule has 0 bridgehead atoms. The third-order valence-corrected chi connectivity index (χ3v) is 3.56. The number of aryl methyl sites for hydroxylation is 1. The fraction of sp³-hybridized carbons (Fsp3) is 0.312. The maximum Gasteiger partial charge on any atom is 0.143 e. The monoisotopic (exact) mass is 281 g/mol. The predicted octanol–water partition coefficient (Wildman–Crippen LogP) is 3.47. The number of aromatic amines is 1. The van der Waals surface area contributed by atoms with Crippen molar-refractivity contribution in [1.29, 1.82) is 0 Å². The van der Waals surface area contributed by atoms with Gasteiger partial charge in [-0.1, -0.05) is 19.9 Å². The first-order valence-electron chi connectivity index (χ1n) is 7.12. The molecule has 3 aromatic heterocycles. The van der Waals surface area contributed by atoms with Crippen molar-refractivity contribution >= 4 is 16.9 Å². The molecule has 21 heavy (non-hydrogen) atoms.